The molecule has 0 radical (unpaired) electrons. The minimum atomic E-state index is -0.266. The van der Waals surface area contributed by atoms with Crippen LogP contribution in [0.4, 0.5) is 5.69 Å². The quantitative estimate of drug-likeness (QED) is 0.840. The zero-order valence-corrected chi connectivity index (χ0v) is 11.1. The molecule has 0 unspecified atom stereocenters. The highest BCUT2D eigenvalue weighted by atomic mass is 32.2. The largest absolute Gasteiger partial charge is 0.326 e. The van der Waals surface area contributed by atoms with E-state index in [1.807, 2.05) is 39.0 Å². The number of anilines is 1. The summed E-state index contributed by atoms with van der Waals surface area (Å²) in [5, 5.41) is 2.58. The molecule has 0 atom stereocenters. The molecule has 0 heterocycles. The molecule has 0 aromatic heterocycles. The Morgan fingerprint density at radius 3 is 2.29 bits per heavy atom. The molecule has 0 fully saturated rings. The van der Waals surface area contributed by atoms with E-state index in [1.165, 1.54) is 11.8 Å². The molecule has 0 aliphatic carbocycles. The summed E-state index contributed by atoms with van der Waals surface area (Å²) in [6.07, 6.45) is -0.0865. The van der Waals surface area contributed by atoms with E-state index >= 15 is 0 Å². The molecule has 17 heavy (non-hydrogen) atoms. The predicted molar refractivity (Wildman–Crippen MR) is 72.0 cm³/mol. The topological polar surface area (TPSA) is 46.2 Å². The van der Waals surface area contributed by atoms with Gasteiger partial charge in [0.1, 0.15) is 0 Å². The van der Waals surface area contributed by atoms with E-state index in [-0.39, 0.29) is 22.2 Å². The van der Waals surface area contributed by atoms with Crippen LogP contribution in [-0.2, 0) is 9.59 Å². The Kier molecular flexibility index (Phi) is 4.75. The summed E-state index contributed by atoms with van der Waals surface area (Å²) < 4.78 is -0.149. The Morgan fingerprint density at radius 1 is 1.18 bits per heavy atom. The summed E-state index contributed by atoms with van der Waals surface area (Å²) in [6, 6.07) is 9.12. The molecule has 3 nitrogen and oxygen atoms in total. The lowest BCUT2D eigenvalue weighted by Crippen LogP contribution is -2.18. The van der Waals surface area contributed by atoms with E-state index in [0.717, 1.165) is 0 Å². The van der Waals surface area contributed by atoms with Gasteiger partial charge >= 0.3 is 0 Å². The van der Waals surface area contributed by atoms with E-state index in [9.17, 15) is 9.59 Å². The SMILES string of the molecule is CC(C)(C)SC(=O)CC(=O)Nc1ccccc1. The molecular formula is C13H17NO2S. The fraction of sp³-hybridized carbons (Fsp3) is 0.385. The van der Waals surface area contributed by atoms with Crippen LogP contribution in [0.3, 0.4) is 0 Å². The second kappa shape index (κ2) is 5.87. The highest BCUT2D eigenvalue weighted by Crippen LogP contribution is 2.25. The van der Waals surface area contributed by atoms with Crippen molar-refractivity contribution >= 4 is 28.5 Å². The van der Waals surface area contributed by atoms with Gasteiger partial charge < -0.3 is 5.32 Å². The van der Waals surface area contributed by atoms with Crippen molar-refractivity contribution in [2.45, 2.75) is 31.9 Å². The zero-order valence-electron chi connectivity index (χ0n) is 10.3. The lowest BCUT2D eigenvalue weighted by atomic mass is 10.3. The third-order valence-electron chi connectivity index (χ3n) is 1.78. The molecule has 4 heteroatoms. The highest BCUT2D eigenvalue weighted by Gasteiger charge is 2.19. The fourth-order valence-corrected chi connectivity index (χ4v) is 2.12. The lowest BCUT2D eigenvalue weighted by molar-refractivity contribution is -0.121. The van der Waals surface area contributed by atoms with Gasteiger partial charge in [-0.1, -0.05) is 50.7 Å². The molecule has 0 spiro atoms. The van der Waals surface area contributed by atoms with Crippen LogP contribution in [-0.4, -0.2) is 15.8 Å². The van der Waals surface area contributed by atoms with Crippen LogP contribution in [0.2, 0.25) is 0 Å². The molecule has 0 saturated heterocycles. The molecule has 1 amide bonds. The Bertz CT molecular complexity index is 396. The van der Waals surface area contributed by atoms with Gasteiger partial charge in [-0.15, -0.1) is 0 Å². The van der Waals surface area contributed by atoms with Crippen LogP contribution in [0.1, 0.15) is 27.2 Å². The van der Waals surface area contributed by atoms with Gasteiger partial charge in [-0.25, -0.2) is 0 Å². The summed E-state index contributed by atoms with van der Waals surface area (Å²) in [4.78, 5) is 23.1. The molecule has 0 aliphatic rings. The second-order valence-corrected chi connectivity index (χ2v) is 6.56. The van der Waals surface area contributed by atoms with Crippen LogP contribution in [0.15, 0.2) is 30.3 Å². The van der Waals surface area contributed by atoms with Gasteiger partial charge in [-0.2, -0.15) is 0 Å². The molecular weight excluding hydrogens is 234 g/mol. The number of thioether (sulfide) groups is 1. The first kappa shape index (κ1) is 13.8. The Labute approximate surface area is 106 Å². The van der Waals surface area contributed by atoms with E-state index < -0.39 is 0 Å². The van der Waals surface area contributed by atoms with Crippen molar-refractivity contribution < 1.29 is 9.59 Å². The average Bonchev–Trinajstić information content (AvgIpc) is 2.15. The van der Waals surface area contributed by atoms with Crippen molar-refractivity contribution in [1.82, 2.24) is 0 Å². The number of benzene rings is 1. The lowest BCUT2D eigenvalue weighted by Gasteiger charge is -2.15. The number of rotatable bonds is 3. The monoisotopic (exact) mass is 251 g/mol. The van der Waals surface area contributed by atoms with Crippen LogP contribution in [0, 0.1) is 0 Å². The van der Waals surface area contributed by atoms with Gasteiger partial charge in [0, 0.05) is 10.4 Å². The van der Waals surface area contributed by atoms with E-state index in [1.54, 1.807) is 12.1 Å². The minimum absolute atomic E-state index is 0.0865. The van der Waals surface area contributed by atoms with Gasteiger partial charge in [0.25, 0.3) is 0 Å². The third kappa shape index (κ3) is 6.12. The summed E-state index contributed by atoms with van der Waals surface area (Å²) >= 11 is 1.20. The number of carbonyl (C=O) groups excluding carboxylic acids is 2. The number of hydrogen-bond acceptors (Lipinski definition) is 3. The molecule has 0 aliphatic heterocycles. The van der Waals surface area contributed by atoms with Crippen molar-refractivity contribution in [3.63, 3.8) is 0 Å². The van der Waals surface area contributed by atoms with Crippen LogP contribution in [0.25, 0.3) is 0 Å². The molecule has 1 aromatic carbocycles. The maximum absolute atomic E-state index is 11.6. The van der Waals surface area contributed by atoms with Crippen molar-refractivity contribution in [2.75, 3.05) is 5.32 Å². The van der Waals surface area contributed by atoms with Crippen molar-refractivity contribution in [1.29, 1.82) is 0 Å². The maximum Gasteiger partial charge on any atom is 0.232 e. The molecule has 1 aromatic rings. The van der Waals surface area contributed by atoms with E-state index in [4.69, 9.17) is 0 Å². The standard InChI is InChI=1S/C13H17NO2S/c1-13(2,3)17-12(16)9-11(15)14-10-7-5-4-6-8-10/h4-8H,9H2,1-3H3,(H,14,15). The van der Waals surface area contributed by atoms with Crippen molar-refractivity contribution in [2.24, 2.45) is 0 Å². The summed E-state index contributed by atoms with van der Waals surface area (Å²) in [5.41, 5.74) is 0.714. The molecule has 0 saturated carbocycles. The number of hydrogen-bond donors (Lipinski definition) is 1. The average molecular weight is 251 g/mol. The molecule has 1 N–H and O–H groups in total. The Hall–Kier alpha value is -1.29. The first-order chi connectivity index (χ1) is 7.87. The highest BCUT2D eigenvalue weighted by molar-refractivity contribution is 8.14. The second-order valence-electron chi connectivity index (χ2n) is 4.68. The minimum Gasteiger partial charge on any atom is -0.326 e. The fourth-order valence-electron chi connectivity index (χ4n) is 1.24. The van der Waals surface area contributed by atoms with E-state index in [2.05, 4.69) is 5.32 Å². The first-order valence-electron chi connectivity index (χ1n) is 5.43. The summed E-state index contributed by atoms with van der Waals surface area (Å²) in [6.45, 7) is 5.85. The van der Waals surface area contributed by atoms with Crippen LogP contribution in [0.5, 0.6) is 0 Å². The smallest absolute Gasteiger partial charge is 0.232 e. The molecule has 92 valence electrons. The Morgan fingerprint density at radius 2 is 1.76 bits per heavy atom. The predicted octanol–water partition coefficient (Wildman–Crippen LogP) is 3.07. The molecule has 1 rings (SSSR count). The number of para-hydroxylation sites is 1. The van der Waals surface area contributed by atoms with Crippen molar-refractivity contribution in [3.05, 3.63) is 30.3 Å². The first-order valence-corrected chi connectivity index (χ1v) is 6.25. The normalized spacial score (nSPS) is 11.0. The maximum atomic E-state index is 11.6. The van der Waals surface area contributed by atoms with Gasteiger partial charge in [0.2, 0.25) is 5.91 Å². The summed E-state index contributed by atoms with van der Waals surface area (Å²) in [5.74, 6) is -0.266. The van der Waals surface area contributed by atoms with Gasteiger partial charge in [0.15, 0.2) is 5.12 Å². The van der Waals surface area contributed by atoms with Gasteiger partial charge in [0.05, 0.1) is 6.42 Å². The Balaban J connectivity index is 2.43. The number of amides is 1. The number of carbonyl (C=O) groups is 2. The van der Waals surface area contributed by atoms with Crippen LogP contribution >= 0.6 is 11.8 Å². The van der Waals surface area contributed by atoms with Gasteiger partial charge in [-0.3, -0.25) is 9.59 Å². The zero-order chi connectivity index (χ0) is 12.9. The summed E-state index contributed by atoms with van der Waals surface area (Å²) in [7, 11) is 0. The van der Waals surface area contributed by atoms with Crippen molar-refractivity contribution in [3.8, 4) is 0 Å². The van der Waals surface area contributed by atoms with Crippen LogP contribution < -0.4 is 5.32 Å². The van der Waals surface area contributed by atoms with E-state index in [0.29, 0.717) is 5.69 Å². The number of nitrogens with one attached hydrogen (secondary N) is 1. The third-order valence-corrected chi connectivity index (χ3v) is 2.77. The molecule has 0 bridgehead atoms. The van der Waals surface area contributed by atoms with Gasteiger partial charge in [-0.05, 0) is 12.1 Å².